The molecule has 0 bridgehead atoms. The van der Waals surface area contributed by atoms with E-state index in [1.807, 2.05) is 6.92 Å². The molecule has 1 fully saturated rings. The van der Waals surface area contributed by atoms with Gasteiger partial charge in [-0.05, 0) is 32.2 Å². The normalized spacial score (nSPS) is 17.1. The third kappa shape index (κ3) is 3.96. The van der Waals surface area contributed by atoms with Crippen molar-refractivity contribution in [1.29, 1.82) is 0 Å². The fourth-order valence-electron chi connectivity index (χ4n) is 3.02. The maximum atomic E-state index is 12.4. The van der Waals surface area contributed by atoms with E-state index in [0.29, 0.717) is 19.0 Å². The van der Waals surface area contributed by atoms with Gasteiger partial charge < -0.3 is 10.6 Å². The molecule has 3 heterocycles. The summed E-state index contributed by atoms with van der Waals surface area (Å²) in [4.78, 5) is 20.2. The van der Waals surface area contributed by atoms with Crippen LogP contribution in [-0.2, 0) is 13.0 Å². The molecule has 6 nitrogen and oxygen atoms in total. The smallest absolute Gasteiger partial charge is 0.269 e. The third-order valence-corrected chi connectivity index (χ3v) is 5.35. The maximum Gasteiger partial charge on any atom is 0.269 e. The number of hydrogen-bond acceptors (Lipinski definition) is 6. The van der Waals surface area contributed by atoms with Crippen molar-refractivity contribution in [3.05, 3.63) is 38.2 Å². The van der Waals surface area contributed by atoms with Gasteiger partial charge in [0.15, 0.2) is 0 Å². The Morgan fingerprint density at radius 3 is 2.88 bits per heavy atom. The number of nitrogens with zero attached hydrogens (tertiary/aromatic N) is 4. The van der Waals surface area contributed by atoms with Crippen molar-refractivity contribution in [3.8, 4) is 0 Å². The van der Waals surface area contributed by atoms with Crippen LogP contribution in [-0.4, -0.2) is 34.4 Å². The van der Waals surface area contributed by atoms with Crippen LogP contribution in [0.5, 0.6) is 0 Å². The van der Waals surface area contributed by atoms with Crippen molar-refractivity contribution < 1.29 is 0 Å². The summed E-state index contributed by atoms with van der Waals surface area (Å²) in [6.45, 7) is 7.13. The first-order chi connectivity index (χ1) is 11.1. The van der Waals surface area contributed by atoms with Crippen molar-refractivity contribution in [1.82, 2.24) is 14.8 Å². The number of nitrogens with two attached hydrogens (primary N) is 1. The summed E-state index contributed by atoms with van der Waals surface area (Å²) in [5.41, 5.74) is 7.63. The lowest BCUT2D eigenvalue weighted by molar-refractivity contribution is 0.601. The van der Waals surface area contributed by atoms with Gasteiger partial charge in [0.2, 0.25) is 0 Å². The molecule has 2 aromatic rings. The van der Waals surface area contributed by atoms with E-state index >= 15 is 0 Å². The zero-order valence-electron chi connectivity index (χ0n) is 14.1. The molecule has 8 heteroatoms. The van der Waals surface area contributed by atoms with Crippen LogP contribution in [0.3, 0.4) is 0 Å². The highest BCUT2D eigenvalue weighted by molar-refractivity contribution is 7.11. The van der Waals surface area contributed by atoms with E-state index in [2.05, 4.69) is 21.9 Å². The lowest BCUT2D eigenvalue weighted by Crippen LogP contribution is -2.27. The van der Waals surface area contributed by atoms with Crippen LogP contribution in [0, 0.1) is 12.8 Å². The van der Waals surface area contributed by atoms with Crippen LogP contribution in [0.25, 0.3) is 0 Å². The molecule has 1 unspecified atom stereocenters. The quantitative estimate of drug-likeness (QED) is 0.869. The van der Waals surface area contributed by atoms with Gasteiger partial charge in [0, 0.05) is 24.0 Å². The minimum absolute atomic E-state index is 0. The monoisotopic (exact) mass is 369 g/mol. The summed E-state index contributed by atoms with van der Waals surface area (Å²) in [7, 11) is 0. The summed E-state index contributed by atoms with van der Waals surface area (Å²) in [5, 5.41) is 5.40. The van der Waals surface area contributed by atoms with E-state index in [4.69, 9.17) is 5.73 Å². The van der Waals surface area contributed by atoms with Gasteiger partial charge in [0.25, 0.3) is 5.56 Å². The zero-order chi connectivity index (χ0) is 16.4. The Kier molecular flexibility index (Phi) is 6.37. The van der Waals surface area contributed by atoms with Gasteiger partial charge in [-0.2, -0.15) is 5.10 Å². The van der Waals surface area contributed by atoms with Crippen LogP contribution < -0.4 is 16.2 Å². The molecule has 1 saturated heterocycles. The van der Waals surface area contributed by atoms with Gasteiger partial charge in [0.05, 0.1) is 29.1 Å². The van der Waals surface area contributed by atoms with Gasteiger partial charge in [-0.3, -0.25) is 4.79 Å². The Morgan fingerprint density at radius 2 is 2.25 bits per heavy atom. The van der Waals surface area contributed by atoms with Gasteiger partial charge >= 0.3 is 0 Å². The molecular formula is C16H24ClN5OS. The molecule has 0 saturated carbocycles. The third-order valence-electron chi connectivity index (χ3n) is 4.35. The van der Waals surface area contributed by atoms with E-state index in [-0.39, 0.29) is 18.0 Å². The van der Waals surface area contributed by atoms with Crippen LogP contribution in [0.2, 0.25) is 0 Å². The lowest BCUT2D eigenvalue weighted by Gasteiger charge is -2.18. The zero-order valence-corrected chi connectivity index (χ0v) is 15.7. The van der Waals surface area contributed by atoms with E-state index in [1.54, 1.807) is 23.6 Å². The Balaban J connectivity index is 0.00000208. The average molecular weight is 370 g/mol. The molecule has 0 aromatic carbocycles. The van der Waals surface area contributed by atoms with Crippen LogP contribution >= 0.6 is 23.7 Å². The molecule has 0 spiro atoms. The first kappa shape index (κ1) is 18.9. The van der Waals surface area contributed by atoms with Crippen molar-refractivity contribution >= 4 is 29.4 Å². The minimum atomic E-state index is -0.0631. The van der Waals surface area contributed by atoms with Crippen LogP contribution in [0.1, 0.15) is 28.9 Å². The largest absolute Gasteiger partial charge is 0.370 e. The predicted molar refractivity (Wildman–Crippen MR) is 100 cm³/mol. The van der Waals surface area contributed by atoms with Crippen molar-refractivity contribution in [2.45, 2.75) is 33.2 Å². The molecule has 1 aliphatic heterocycles. The maximum absolute atomic E-state index is 12.4. The van der Waals surface area contributed by atoms with Gasteiger partial charge in [0.1, 0.15) is 0 Å². The highest BCUT2D eigenvalue weighted by Crippen LogP contribution is 2.22. The number of thiazole rings is 1. The topological polar surface area (TPSA) is 77.0 Å². The molecular weight excluding hydrogens is 346 g/mol. The molecule has 2 aromatic heterocycles. The van der Waals surface area contributed by atoms with E-state index < -0.39 is 0 Å². The number of halogens is 1. The number of rotatable bonds is 5. The first-order valence-electron chi connectivity index (χ1n) is 8.08. The molecule has 1 atom stereocenters. The van der Waals surface area contributed by atoms with E-state index in [1.165, 1.54) is 4.68 Å². The average Bonchev–Trinajstić information content (AvgIpc) is 3.15. The van der Waals surface area contributed by atoms with Crippen LogP contribution in [0.15, 0.2) is 17.1 Å². The van der Waals surface area contributed by atoms with Gasteiger partial charge in [-0.1, -0.05) is 6.92 Å². The molecule has 0 radical (unpaired) electrons. The van der Waals surface area contributed by atoms with Gasteiger partial charge in [-0.15, -0.1) is 23.7 Å². The van der Waals surface area contributed by atoms with Gasteiger partial charge in [-0.25, -0.2) is 9.67 Å². The molecule has 132 valence electrons. The molecule has 2 N–H and O–H groups in total. The molecule has 1 aliphatic rings. The summed E-state index contributed by atoms with van der Waals surface area (Å²) < 4.78 is 1.52. The summed E-state index contributed by atoms with van der Waals surface area (Å²) in [5.74, 6) is 0.518. The Labute approximate surface area is 152 Å². The first-order valence-corrected chi connectivity index (χ1v) is 8.89. The number of aromatic nitrogens is 3. The second-order valence-corrected chi connectivity index (χ2v) is 7.29. The molecule has 0 aliphatic carbocycles. The summed E-state index contributed by atoms with van der Waals surface area (Å²) >= 11 is 1.64. The Bertz CT molecular complexity index is 744. The highest BCUT2D eigenvalue weighted by Gasteiger charge is 2.22. The van der Waals surface area contributed by atoms with E-state index in [0.717, 1.165) is 47.2 Å². The number of anilines is 1. The van der Waals surface area contributed by atoms with Crippen molar-refractivity contribution in [2.75, 3.05) is 24.5 Å². The second kappa shape index (κ2) is 8.09. The Morgan fingerprint density at radius 1 is 1.46 bits per heavy atom. The number of aryl methyl sites for hydroxylation is 2. The predicted octanol–water partition coefficient (Wildman–Crippen LogP) is 1.83. The lowest BCUT2D eigenvalue weighted by atomic mass is 10.1. The second-order valence-electron chi connectivity index (χ2n) is 6.00. The van der Waals surface area contributed by atoms with Crippen molar-refractivity contribution in [3.63, 3.8) is 0 Å². The minimum Gasteiger partial charge on any atom is -0.370 e. The van der Waals surface area contributed by atoms with Crippen LogP contribution in [0.4, 0.5) is 5.69 Å². The summed E-state index contributed by atoms with van der Waals surface area (Å²) in [6.07, 6.45) is 3.75. The van der Waals surface area contributed by atoms with E-state index in [9.17, 15) is 4.79 Å². The highest BCUT2D eigenvalue weighted by atomic mass is 35.5. The molecule has 24 heavy (non-hydrogen) atoms. The standard InChI is InChI=1S/C16H23N5OS.ClH/c1-3-14-15(23-11(2)19-14)10-21-16(22)6-13(8-18-21)20-5-4-12(7-17)9-20;/h6,8,12H,3-5,7,9-10,17H2,1-2H3;1H. The Hall–Kier alpha value is -1.44. The fraction of sp³-hybridized carbons (Fsp3) is 0.562. The SMILES string of the molecule is CCc1nc(C)sc1Cn1ncc(N2CCC(CN)C2)cc1=O.Cl. The number of hydrogen-bond donors (Lipinski definition) is 1. The summed E-state index contributed by atoms with van der Waals surface area (Å²) in [6, 6.07) is 1.69. The van der Waals surface area contributed by atoms with Crippen molar-refractivity contribution in [2.24, 2.45) is 11.7 Å². The molecule has 0 amide bonds. The fourth-order valence-corrected chi connectivity index (χ4v) is 4.03. The molecule has 3 rings (SSSR count).